The lowest BCUT2D eigenvalue weighted by Crippen LogP contribution is -2.49. The number of aryl methyl sites for hydroxylation is 1. The first-order valence-corrected chi connectivity index (χ1v) is 14.9. The van der Waals surface area contributed by atoms with Gasteiger partial charge in [0.05, 0.1) is 36.4 Å². The molecule has 0 spiro atoms. The molecule has 10 heteroatoms. The summed E-state index contributed by atoms with van der Waals surface area (Å²) in [5.74, 6) is 2.79. The van der Waals surface area contributed by atoms with Crippen molar-refractivity contribution in [3.05, 3.63) is 64.2 Å². The second-order valence-corrected chi connectivity index (χ2v) is 12.5. The van der Waals surface area contributed by atoms with Gasteiger partial charge in [-0.25, -0.2) is 4.98 Å². The summed E-state index contributed by atoms with van der Waals surface area (Å²) in [7, 11) is 1.95. The first-order chi connectivity index (χ1) is 19.3. The number of carbonyl (C=O) groups excluding carboxylic acids is 1. The third kappa shape index (κ3) is 5.51. The van der Waals surface area contributed by atoms with Crippen molar-refractivity contribution in [1.29, 1.82) is 5.26 Å². The van der Waals surface area contributed by atoms with Crippen molar-refractivity contribution in [3.8, 4) is 6.07 Å². The summed E-state index contributed by atoms with van der Waals surface area (Å²) in [6, 6.07) is 10.4. The minimum Gasteiger partial charge on any atom is -0.379 e. The second-order valence-electron chi connectivity index (χ2n) is 11.2. The Bertz CT molecular complexity index is 1440. The van der Waals surface area contributed by atoms with Crippen LogP contribution in [0.15, 0.2) is 35.6 Å². The zero-order valence-electron chi connectivity index (χ0n) is 24.0. The first-order valence-electron chi connectivity index (χ1n) is 13.9. The van der Waals surface area contributed by atoms with Gasteiger partial charge in [0.2, 0.25) is 0 Å². The molecular weight excluding hydrogens is 522 g/mol. The molecular formula is C30H37N7O2S. The lowest BCUT2D eigenvalue weighted by Gasteiger charge is -2.42. The summed E-state index contributed by atoms with van der Waals surface area (Å²) >= 11 is 1.65. The van der Waals surface area contributed by atoms with E-state index in [-0.39, 0.29) is 11.3 Å². The summed E-state index contributed by atoms with van der Waals surface area (Å²) < 4.78 is 7.66. The molecule has 0 bridgehead atoms. The molecule has 1 fully saturated rings. The molecule has 2 aliphatic heterocycles. The van der Waals surface area contributed by atoms with E-state index in [1.807, 2.05) is 29.8 Å². The Hall–Kier alpha value is -3.26. The number of nitrogens with zero attached hydrogens (tertiary/aromatic N) is 7. The highest BCUT2D eigenvalue weighted by molar-refractivity contribution is 7.99. The number of aromatic nitrogens is 4. The van der Waals surface area contributed by atoms with Crippen LogP contribution in [0.1, 0.15) is 66.1 Å². The van der Waals surface area contributed by atoms with Gasteiger partial charge in [-0.15, -0.1) is 22.0 Å². The highest BCUT2D eigenvalue weighted by atomic mass is 32.2. The molecule has 1 aromatic carbocycles. The normalized spacial score (nSPS) is 15.9. The number of thioether (sulfide) groups is 1. The average molecular weight is 560 g/mol. The van der Waals surface area contributed by atoms with E-state index in [9.17, 15) is 10.1 Å². The highest BCUT2D eigenvalue weighted by Crippen LogP contribution is 2.40. The number of amides is 1. The summed E-state index contributed by atoms with van der Waals surface area (Å²) in [5.41, 5.74) is 3.76. The number of benzene rings is 1. The molecule has 2 aromatic heterocycles. The predicted molar refractivity (Wildman–Crippen MR) is 155 cm³/mol. The Morgan fingerprint density at radius 3 is 2.62 bits per heavy atom. The molecule has 3 aromatic rings. The van der Waals surface area contributed by atoms with Crippen LogP contribution >= 0.6 is 11.8 Å². The number of carbonyl (C=O) groups is 1. The number of hydrogen-bond donors (Lipinski definition) is 0. The van der Waals surface area contributed by atoms with Gasteiger partial charge in [0.1, 0.15) is 18.0 Å². The number of hydrogen-bond acceptors (Lipinski definition) is 8. The van der Waals surface area contributed by atoms with E-state index in [1.165, 1.54) is 0 Å². The fourth-order valence-corrected chi connectivity index (χ4v) is 6.24. The van der Waals surface area contributed by atoms with E-state index >= 15 is 0 Å². The number of rotatable bonds is 11. The van der Waals surface area contributed by atoms with Gasteiger partial charge >= 0.3 is 0 Å². The molecule has 1 amide bonds. The van der Waals surface area contributed by atoms with Crippen LogP contribution in [-0.2, 0) is 36.7 Å². The molecule has 210 valence electrons. The van der Waals surface area contributed by atoms with Crippen LogP contribution < -0.4 is 4.90 Å². The van der Waals surface area contributed by atoms with E-state index < -0.39 is 0 Å². The Kier molecular flexibility index (Phi) is 8.26. The molecule has 0 radical (unpaired) electrons. The molecule has 4 heterocycles. The van der Waals surface area contributed by atoms with Crippen molar-refractivity contribution in [2.75, 3.05) is 37.0 Å². The van der Waals surface area contributed by atoms with Crippen molar-refractivity contribution < 1.29 is 9.53 Å². The van der Waals surface area contributed by atoms with Gasteiger partial charge < -0.3 is 9.30 Å². The van der Waals surface area contributed by atoms with Crippen LogP contribution in [0.5, 0.6) is 0 Å². The SMILES string of the molecule is CCSc1cc(C2(Cc3nncn3C)COC2)cc(N2Cc3c(C#N)cc(CN(CC)CC(C)C)cc3C2=O)n1. The van der Waals surface area contributed by atoms with Crippen LogP contribution in [0.25, 0.3) is 0 Å². The monoisotopic (exact) mass is 559 g/mol. The quantitative estimate of drug-likeness (QED) is 0.320. The van der Waals surface area contributed by atoms with Gasteiger partial charge in [-0.3, -0.25) is 14.6 Å². The van der Waals surface area contributed by atoms with Crippen LogP contribution in [-0.4, -0.2) is 62.6 Å². The maximum absolute atomic E-state index is 13.9. The van der Waals surface area contributed by atoms with E-state index in [4.69, 9.17) is 9.72 Å². The predicted octanol–water partition coefficient (Wildman–Crippen LogP) is 4.34. The number of nitriles is 1. The second kappa shape index (κ2) is 11.7. The van der Waals surface area contributed by atoms with Crippen LogP contribution in [0.4, 0.5) is 5.82 Å². The maximum atomic E-state index is 13.9. The summed E-state index contributed by atoms with van der Waals surface area (Å²) in [6.07, 6.45) is 2.40. The molecule has 40 heavy (non-hydrogen) atoms. The van der Waals surface area contributed by atoms with Crippen LogP contribution in [0.2, 0.25) is 0 Å². The molecule has 0 unspecified atom stereocenters. The Morgan fingerprint density at radius 2 is 2.02 bits per heavy atom. The molecule has 5 rings (SSSR count). The zero-order chi connectivity index (χ0) is 28.4. The smallest absolute Gasteiger partial charge is 0.260 e. The van der Waals surface area contributed by atoms with Gasteiger partial charge in [-0.2, -0.15) is 5.26 Å². The topological polar surface area (TPSA) is 100 Å². The van der Waals surface area contributed by atoms with Gasteiger partial charge in [0.25, 0.3) is 5.91 Å². The van der Waals surface area contributed by atoms with Gasteiger partial charge in [0.15, 0.2) is 0 Å². The fourth-order valence-electron chi connectivity index (χ4n) is 5.57. The van der Waals surface area contributed by atoms with Crippen molar-refractivity contribution >= 4 is 23.5 Å². The molecule has 0 N–H and O–H groups in total. The summed E-state index contributed by atoms with van der Waals surface area (Å²) in [5, 5.41) is 19.3. The first kappa shape index (κ1) is 28.3. The summed E-state index contributed by atoms with van der Waals surface area (Å²) in [4.78, 5) is 22.8. The number of fused-ring (bicyclic) bond motifs is 1. The highest BCUT2D eigenvalue weighted by Gasteiger charge is 2.43. The molecule has 1 saturated heterocycles. The Balaban J connectivity index is 1.49. The number of pyridine rings is 1. The van der Waals surface area contributed by atoms with E-state index in [2.05, 4.69) is 54.9 Å². The number of ether oxygens (including phenoxy) is 1. The largest absolute Gasteiger partial charge is 0.379 e. The minimum atomic E-state index is -0.262. The Morgan fingerprint density at radius 1 is 1.23 bits per heavy atom. The van der Waals surface area contributed by atoms with Crippen molar-refractivity contribution in [2.45, 2.75) is 57.6 Å². The van der Waals surface area contributed by atoms with Crippen molar-refractivity contribution in [2.24, 2.45) is 13.0 Å². The lowest BCUT2D eigenvalue weighted by atomic mass is 9.76. The number of anilines is 1. The molecule has 0 saturated carbocycles. The Labute approximate surface area is 240 Å². The van der Waals surface area contributed by atoms with E-state index in [1.54, 1.807) is 23.0 Å². The third-order valence-corrected chi connectivity index (χ3v) is 8.52. The van der Waals surface area contributed by atoms with E-state index in [0.29, 0.717) is 55.6 Å². The average Bonchev–Trinajstić information content (AvgIpc) is 3.47. The molecule has 2 aliphatic rings. The molecule has 0 aliphatic carbocycles. The standard InChI is InChI=1S/C30H37N7O2S/c1-6-36(14-20(3)4)15-21-8-22(13-31)25-16-37(29(38)24(25)9-21)26-10-23(11-28(33-26)40-7-2)30(17-39-18-30)12-27-34-32-19-35(27)5/h8-11,19-20H,6-7,12,14-18H2,1-5H3. The minimum absolute atomic E-state index is 0.107. The van der Waals surface area contributed by atoms with Crippen LogP contribution in [0.3, 0.4) is 0 Å². The zero-order valence-corrected chi connectivity index (χ0v) is 24.8. The maximum Gasteiger partial charge on any atom is 0.260 e. The fraction of sp³-hybridized carbons (Fsp3) is 0.500. The van der Waals surface area contributed by atoms with Crippen molar-refractivity contribution in [3.63, 3.8) is 0 Å². The van der Waals surface area contributed by atoms with Crippen LogP contribution in [0, 0.1) is 17.2 Å². The molecule has 0 atom stereocenters. The van der Waals surface area contributed by atoms with Gasteiger partial charge in [-0.05, 0) is 53.6 Å². The lowest BCUT2D eigenvalue weighted by molar-refractivity contribution is -0.0612. The van der Waals surface area contributed by atoms with Gasteiger partial charge in [-0.1, -0.05) is 27.7 Å². The third-order valence-electron chi connectivity index (χ3n) is 7.73. The summed E-state index contributed by atoms with van der Waals surface area (Å²) in [6.45, 7) is 12.7. The van der Waals surface area contributed by atoms with Gasteiger partial charge in [0, 0.05) is 43.1 Å². The van der Waals surface area contributed by atoms with Crippen molar-refractivity contribution in [1.82, 2.24) is 24.6 Å². The van der Waals surface area contributed by atoms with E-state index in [0.717, 1.165) is 46.4 Å². The molecule has 9 nitrogen and oxygen atoms in total.